The smallest absolute Gasteiger partial charge is 0.261 e. The molecule has 1 aromatic heterocycles. The van der Waals surface area contributed by atoms with Crippen LogP contribution in [0.15, 0.2) is 42.5 Å². The summed E-state index contributed by atoms with van der Waals surface area (Å²) in [5.74, 6) is -12.4. The van der Waals surface area contributed by atoms with Gasteiger partial charge in [-0.1, -0.05) is 12.8 Å². The number of hydrogen-bond donors (Lipinski definition) is 3. The number of fused-ring (bicyclic) bond motifs is 1. The van der Waals surface area contributed by atoms with E-state index in [1.807, 2.05) is 0 Å². The summed E-state index contributed by atoms with van der Waals surface area (Å²) in [6.45, 7) is 0. The van der Waals surface area contributed by atoms with Gasteiger partial charge in [-0.3, -0.25) is 9.59 Å². The van der Waals surface area contributed by atoms with Crippen LogP contribution >= 0.6 is 0 Å². The molecule has 0 bridgehead atoms. The zero-order chi connectivity index (χ0) is 26.3. The predicted octanol–water partition coefficient (Wildman–Crippen LogP) is 5.85. The Morgan fingerprint density at radius 3 is 2.08 bits per heavy atom. The second-order valence-electron chi connectivity index (χ2n) is 8.75. The minimum absolute atomic E-state index is 0.0553. The highest BCUT2D eigenvalue weighted by molar-refractivity contribution is 6.04. The molecule has 5 rings (SSSR count). The fourth-order valence-electron chi connectivity index (χ4n) is 4.34. The number of H-pyrrole nitrogens is 1. The molecule has 37 heavy (non-hydrogen) atoms. The third-order valence-electron chi connectivity index (χ3n) is 6.29. The van der Waals surface area contributed by atoms with E-state index in [-0.39, 0.29) is 17.6 Å². The molecule has 190 valence electrons. The van der Waals surface area contributed by atoms with Crippen molar-refractivity contribution in [2.24, 2.45) is 0 Å². The molecule has 1 heterocycles. The summed E-state index contributed by atoms with van der Waals surface area (Å²) in [6, 6.07) is 11.1. The number of amides is 2. The van der Waals surface area contributed by atoms with Gasteiger partial charge in [-0.2, -0.15) is 0 Å². The average Bonchev–Trinajstić information content (AvgIpc) is 3.56. The minimum atomic E-state index is -2.34. The van der Waals surface area contributed by atoms with Crippen molar-refractivity contribution in [1.82, 2.24) is 15.3 Å². The van der Waals surface area contributed by atoms with Gasteiger partial charge in [0.1, 0.15) is 11.4 Å². The predicted molar refractivity (Wildman–Crippen MR) is 125 cm³/mol. The van der Waals surface area contributed by atoms with Gasteiger partial charge in [0.15, 0.2) is 23.3 Å². The Labute approximate surface area is 206 Å². The monoisotopic (exact) mass is 514 g/mol. The van der Waals surface area contributed by atoms with Crippen LogP contribution in [0.4, 0.5) is 27.6 Å². The first-order valence-electron chi connectivity index (χ1n) is 11.5. The molecule has 0 radical (unpaired) electrons. The highest BCUT2D eigenvalue weighted by Gasteiger charge is 2.29. The Morgan fingerprint density at radius 1 is 0.811 bits per heavy atom. The first kappa shape index (κ1) is 24.4. The number of benzene rings is 3. The summed E-state index contributed by atoms with van der Waals surface area (Å²) in [7, 11) is 0. The van der Waals surface area contributed by atoms with Crippen molar-refractivity contribution in [2.75, 3.05) is 5.32 Å². The maximum absolute atomic E-state index is 13.9. The number of carbonyl (C=O) groups excluding carboxylic acids is 2. The average molecular weight is 514 g/mol. The molecule has 11 heteroatoms. The fraction of sp³-hybridized carbons (Fsp3) is 0.192. The molecule has 1 aliphatic carbocycles. The quantitative estimate of drug-likeness (QED) is 0.177. The van der Waals surface area contributed by atoms with E-state index in [1.54, 1.807) is 30.3 Å². The van der Waals surface area contributed by atoms with Crippen molar-refractivity contribution in [3.05, 3.63) is 82.7 Å². The number of imidazole rings is 1. The van der Waals surface area contributed by atoms with E-state index in [9.17, 15) is 31.5 Å². The summed E-state index contributed by atoms with van der Waals surface area (Å²) in [5.41, 5.74) is 0.822. The van der Waals surface area contributed by atoms with Crippen molar-refractivity contribution >= 4 is 28.5 Å². The maximum atomic E-state index is 13.9. The molecule has 0 aliphatic heterocycles. The third kappa shape index (κ3) is 4.64. The highest BCUT2D eigenvalue weighted by Crippen LogP contribution is 2.26. The molecule has 1 aliphatic rings. The van der Waals surface area contributed by atoms with Crippen molar-refractivity contribution in [1.29, 1.82) is 0 Å². The Balaban J connectivity index is 1.33. The van der Waals surface area contributed by atoms with E-state index >= 15 is 0 Å². The van der Waals surface area contributed by atoms with Crippen LogP contribution in [0.3, 0.4) is 0 Å². The molecule has 3 N–H and O–H groups in total. The molecule has 3 aromatic carbocycles. The van der Waals surface area contributed by atoms with Crippen molar-refractivity contribution in [2.45, 2.75) is 31.7 Å². The summed E-state index contributed by atoms with van der Waals surface area (Å²) < 4.78 is 67.9. The van der Waals surface area contributed by atoms with Gasteiger partial charge in [-0.05, 0) is 55.3 Å². The molecule has 6 nitrogen and oxygen atoms in total. The molecule has 0 unspecified atom stereocenters. The van der Waals surface area contributed by atoms with E-state index in [0.29, 0.717) is 28.0 Å². The van der Waals surface area contributed by atoms with Crippen LogP contribution in [0.5, 0.6) is 0 Å². The largest absolute Gasteiger partial charge is 0.349 e. The number of aromatic amines is 1. The summed E-state index contributed by atoms with van der Waals surface area (Å²) in [4.78, 5) is 32.4. The van der Waals surface area contributed by atoms with E-state index < -0.39 is 40.6 Å². The van der Waals surface area contributed by atoms with Crippen LogP contribution in [0.1, 0.15) is 46.4 Å². The normalized spacial score (nSPS) is 13.8. The topological polar surface area (TPSA) is 86.9 Å². The van der Waals surface area contributed by atoms with Crippen molar-refractivity contribution in [3.8, 4) is 11.4 Å². The Hall–Kier alpha value is -4.28. The van der Waals surface area contributed by atoms with E-state index in [0.717, 1.165) is 25.7 Å². The molecule has 0 spiro atoms. The van der Waals surface area contributed by atoms with Crippen LogP contribution in [0, 0.1) is 29.1 Å². The number of carbonyl (C=O) groups is 2. The lowest BCUT2D eigenvalue weighted by atomic mass is 10.1. The van der Waals surface area contributed by atoms with Crippen molar-refractivity contribution in [3.63, 3.8) is 0 Å². The van der Waals surface area contributed by atoms with E-state index in [1.165, 1.54) is 12.1 Å². The highest BCUT2D eigenvalue weighted by atomic mass is 19.2. The van der Waals surface area contributed by atoms with Gasteiger partial charge in [0.2, 0.25) is 5.82 Å². The Kier molecular flexibility index (Phi) is 6.36. The minimum Gasteiger partial charge on any atom is -0.349 e. The first-order chi connectivity index (χ1) is 17.7. The standard InChI is InChI=1S/C26H19F5N4O2/c27-19-18(20(28)22(30)23(31)21(19)29)26(37)33-15-8-5-12(6-9-15)24-34-16-10-7-13(11-17(16)35-24)25(36)32-14-3-1-2-4-14/h5-11,14H,1-4H2,(H,32,36)(H,33,37)(H,34,35). The summed E-state index contributed by atoms with van der Waals surface area (Å²) >= 11 is 0. The molecule has 1 fully saturated rings. The van der Waals surface area contributed by atoms with E-state index in [2.05, 4.69) is 20.6 Å². The lowest BCUT2D eigenvalue weighted by Gasteiger charge is -2.11. The molecule has 4 aromatic rings. The van der Waals surface area contributed by atoms with Crippen LogP contribution in [-0.4, -0.2) is 27.8 Å². The number of rotatable bonds is 5. The second-order valence-corrected chi connectivity index (χ2v) is 8.75. The fourth-order valence-corrected chi connectivity index (χ4v) is 4.34. The first-order valence-corrected chi connectivity index (χ1v) is 11.5. The molecular weight excluding hydrogens is 495 g/mol. The van der Waals surface area contributed by atoms with Gasteiger partial charge in [0, 0.05) is 22.9 Å². The summed E-state index contributed by atoms with van der Waals surface area (Å²) in [6.07, 6.45) is 4.15. The van der Waals surface area contributed by atoms with Crippen LogP contribution in [0.25, 0.3) is 22.4 Å². The lowest BCUT2D eigenvalue weighted by Crippen LogP contribution is -2.32. The number of hydrogen-bond acceptors (Lipinski definition) is 3. The number of aromatic nitrogens is 2. The van der Waals surface area contributed by atoms with Crippen LogP contribution in [0.2, 0.25) is 0 Å². The SMILES string of the molecule is O=C(NC1CCCC1)c1ccc2nc(-c3ccc(NC(=O)c4c(F)c(F)c(F)c(F)c4F)cc3)[nH]c2c1. The van der Waals surface area contributed by atoms with Crippen molar-refractivity contribution < 1.29 is 31.5 Å². The summed E-state index contributed by atoms with van der Waals surface area (Å²) in [5, 5.41) is 5.15. The Bertz CT molecular complexity index is 1500. The van der Waals surface area contributed by atoms with Gasteiger partial charge >= 0.3 is 0 Å². The second kappa shape index (κ2) is 9.64. The van der Waals surface area contributed by atoms with Gasteiger partial charge in [0.25, 0.3) is 11.8 Å². The van der Waals surface area contributed by atoms with Gasteiger partial charge in [-0.25, -0.2) is 26.9 Å². The zero-order valence-corrected chi connectivity index (χ0v) is 19.1. The molecule has 0 saturated heterocycles. The van der Waals surface area contributed by atoms with Gasteiger partial charge in [-0.15, -0.1) is 0 Å². The molecular formula is C26H19F5N4O2. The molecule has 1 saturated carbocycles. The third-order valence-corrected chi connectivity index (χ3v) is 6.29. The van der Waals surface area contributed by atoms with Crippen LogP contribution < -0.4 is 10.6 Å². The number of nitrogens with one attached hydrogen (secondary N) is 3. The number of anilines is 1. The van der Waals surface area contributed by atoms with Gasteiger partial charge < -0.3 is 15.6 Å². The van der Waals surface area contributed by atoms with Crippen LogP contribution in [-0.2, 0) is 0 Å². The molecule has 2 amide bonds. The maximum Gasteiger partial charge on any atom is 0.261 e. The Morgan fingerprint density at radius 2 is 1.43 bits per heavy atom. The van der Waals surface area contributed by atoms with Gasteiger partial charge in [0.05, 0.1) is 11.0 Å². The number of halogens is 5. The number of nitrogens with zero attached hydrogens (tertiary/aromatic N) is 1. The zero-order valence-electron chi connectivity index (χ0n) is 19.1. The molecule has 0 atom stereocenters. The van der Waals surface area contributed by atoms with E-state index in [4.69, 9.17) is 0 Å². The lowest BCUT2D eigenvalue weighted by molar-refractivity contribution is 0.0937.